The topological polar surface area (TPSA) is 20.3 Å². The smallest absolute Gasteiger partial charge is 0.227 e. The van der Waals surface area contributed by atoms with Crippen LogP contribution in [0.25, 0.3) is 0 Å². The van der Waals surface area contributed by atoms with Crippen LogP contribution >= 0.6 is 50.1 Å². The molecule has 1 aromatic rings. The summed E-state index contributed by atoms with van der Waals surface area (Å²) in [6, 6.07) is 5.99. The van der Waals surface area contributed by atoms with Crippen molar-refractivity contribution in [3.05, 3.63) is 26.2 Å². The van der Waals surface area contributed by atoms with Crippen LogP contribution in [0.1, 0.15) is 6.42 Å². The van der Waals surface area contributed by atoms with E-state index in [1.54, 1.807) is 0 Å². The number of hydrogen-bond donors (Lipinski definition) is 0. The maximum atomic E-state index is 11.8. The first-order valence-electron chi connectivity index (χ1n) is 4.93. The van der Waals surface area contributed by atoms with Gasteiger partial charge in [-0.3, -0.25) is 4.79 Å². The van der Waals surface area contributed by atoms with Crippen LogP contribution in [0, 0.1) is 9.49 Å². The first-order valence-corrected chi connectivity index (χ1v) is 7.34. The van der Waals surface area contributed by atoms with Gasteiger partial charge in [-0.2, -0.15) is 0 Å². The van der Waals surface area contributed by atoms with Crippen LogP contribution in [0.4, 0.5) is 5.69 Å². The molecule has 1 aliphatic rings. The van der Waals surface area contributed by atoms with Crippen LogP contribution in [0.15, 0.2) is 22.7 Å². The molecule has 1 fully saturated rings. The molecule has 1 atom stereocenters. The minimum Gasteiger partial charge on any atom is -0.311 e. The van der Waals surface area contributed by atoms with E-state index in [9.17, 15) is 4.79 Å². The normalized spacial score (nSPS) is 20.6. The van der Waals surface area contributed by atoms with Gasteiger partial charge < -0.3 is 4.90 Å². The summed E-state index contributed by atoms with van der Waals surface area (Å²) in [6.45, 7) is 0.724. The Morgan fingerprint density at radius 2 is 2.31 bits per heavy atom. The summed E-state index contributed by atoms with van der Waals surface area (Å²) in [5.41, 5.74) is 0.943. The Bertz CT molecular complexity index is 426. The molecule has 1 heterocycles. The third-order valence-corrected chi connectivity index (χ3v) is 4.37. The summed E-state index contributed by atoms with van der Waals surface area (Å²) in [7, 11) is 0. The monoisotopic (exact) mass is 413 g/mol. The Balaban J connectivity index is 2.28. The van der Waals surface area contributed by atoms with Crippen LogP contribution in [0.3, 0.4) is 0 Å². The van der Waals surface area contributed by atoms with Crippen LogP contribution in [-0.4, -0.2) is 18.3 Å². The second-order valence-electron chi connectivity index (χ2n) is 3.82. The number of hydrogen-bond acceptors (Lipinski definition) is 1. The van der Waals surface area contributed by atoms with E-state index in [4.69, 9.17) is 11.6 Å². The maximum Gasteiger partial charge on any atom is 0.227 e. The highest BCUT2D eigenvalue weighted by molar-refractivity contribution is 14.1. The van der Waals surface area contributed by atoms with Crippen molar-refractivity contribution >= 4 is 61.7 Å². The number of halogens is 3. The molecule has 0 spiro atoms. The lowest BCUT2D eigenvalue weighted by Gasteiger charge is -2.18. The lowest BCUT2D eigenvalue weighted by molar-refractivity contribution is -0.117. The minimum atomic E-state index is 0.160. The van der Waals surface area contributed by atoms with Gasteiger partial charge in [0.05, 0.1) is 5.69 Å². The van der Waals surface area contributed by atoms with E-state index in [0.717, 1.165) is 20.3 Å². The first-order chi connectivity index (χ1) is 7.61. The minimum absolute atomic E-state index is 0.160. The molecule has 2 rings (SSSR count). The summed E-state index contributed by atoms with van der Waals surface area (Å²) in [4.78, 5) is 13.6. The van der Waals surface area contributed by atoms with Gasteiger partial charge in [-0.1, -0.05) is 0 Å². The highest BCUT2D eigenvalue weighted by atomic mass is 127. The second kappa shape index (κ2) is 5.23. The summed E-state index contributed by atoms with van der Waals surface area (Å²) < 4.78 is 2.11. The average Bonchev–Trinajstić information content (AvgIpc) is 2.60. The standard InChI is InChI=1S/C11H10BrClINO/c12-9-4-8(14)1-2-10(9)15-6-7(5-13)3-11(15)16/h1-2,4,7H,3,5-6H2. The van der Waals surface area contributed by atoms with Gasteiger partial charge in [0.25, 0.3) is 0 Å². The van der Waals surface area contributed by atoms with E-state index < -0.39 is 0 Å². The van der Waals surface area contributed by atoms with Crippen LogP contribution in [0.5, 0.6) is 0 Å². The molecule has 1 aromatic carbocycles. The molecular weight excluding hydrogens is 404 g/mol. The number of carbonyl (C=O) groups is 1. The Labute approximate surface area is 122 Å². The molecule has 1 aliphatic heterocycles. The Morgan fingerprint density at radius 1 is 1.56 bits per heavy atom. The van der Waals surface area contributed by atoms with Crippen molar-refractivity contribution in [2.75, 3.05) is 17.3 Å². The van der Waals surface area contributed by atoms with Crippen LogP contribution in [-0.2, 0) is 4.79 Å². The summed E-state index contributed by atoms with van der Waals surface area (Å²) >= 11 is 11.5. The van der Waals surface area contributed by atoms with Gasteiger partial charge in [-0.05, 0) is 62.6 Å². The van der Waals surface area contributed by atoms with Crippen LogP contribution < -0.4 is 4.90 Å². The molecule has 1 saturated heterocycles. The van der Waals surface area contributed by atoms with Gasteiger partial charge in [0.15, 0.2) is 0 Å². The van der Waals surface area contributed by atoms with Gasteiger partial charge in [0.2, 0.25) is 5.91 Å². The molecule has 2 nitrogen and oxygen atoms in total. The molecule has 5 heteroatoms. The molecule has 0 bridgehead atoms. The lowest BCUT2D eigenvalue weighted by Crippen LogP contribution is -2.25. The number of amides is 1. The zero-order valence-electron chi connectivity index (χ0n) is 8.42. The van der Waals surface area contributed by atoms with E-state index in [0.29, 0.717) is 12.3 Å². The quantitative estimate of drug-likeness (QED) is 0.535. The largest absolute Gasteiger partial charge is 0.311 e. The molecule has 86 valence electrons. The van der Waals surface area contributed by atoms with Crippen molar-refractivity contribution in [1.82, 2.24) is 0 Å². The van der Waals surface area contributed by atoms with Crippen molar-refractivity contribution in [2.24, 2.45) is 5.92 Å². The lowest BCUT2D eigenvalue weighted by atomic mass is 10.1. The highest BCUT2D eigenvalue weighted by Crippen LogP contribution is 2.32. The fourth-order valence-electron chi connectivity index (χ4n) is 1.82. The molecular formula is C11H10BrClINO. The van der Waals surface area contributed by atoms with E-state index in [1.807, 2.05) is 23.1 Å². The van der Waals surface area contributed by atoms with Crippen molar-refractivity contribution in [2.45, 2.75) is 6.42 Å². The van der Waals surface area contributed by atoms with Crippen molar-refractivity contribution in [3.8, 4) is 0 Å². The zero-order valence-corrected chi connectivity index (χ0v) is 12.9. The van der Waals surface area contributed by atoms with E-state index in [-0.39, 0.29) is 11.8 Å². The summed E-state index contributed by atoms with van der Waals surface area (Å²) in [5.74, 6) is 0.984. The number of carbonyl (C=O) groups excluding carboxylic acids is 1. The molecule has 0 saturated carbocycles. The molecule has 16 heavy (non-hydrogen) atoms. The Hall–Kier alpha value is 0.190. The predicted octanol–water partition coefficient (Wildman–Crippen LogP) is 3.65. The van der Waals surface area contributed by atoms with E-state index in [2.05, 4.69) is 38.5 Å². The first kappa shape index (κ1) is 12.6. The number of alkyl halides is 1. The molecule has 0 N–H and O–H groups in total. The van der Waals surface area contributed by atoms with Crippen molar-refractivity contribution in [1.29, 1.82) is 0 Å². The predicted molar refractivity (Wildman–Crippen MR) is 78.0 cm³/mol. The SMILES string of the molecule is O=C1CC(CCl)CN1c1ccc(I)cc1Br. The number of anilines is 1. The molecule has 1 unspecified atom stereocenters. The number of rotatable bonds is 2. The van der Waals surface area contributed by atoms with Gasteiger partial charge in [-0.25, -0.2) is 0 Å². The average molecular weight is 414 g/mol. The van der Waals surface area contributed by atoms with Gasteiger partial charge in [0.1, 0.15) is 0 Å². The molecule has 1 amide bonds. The number of benzene rings is 1. The fraction of sp³-hybridized carbons (Fsp3) is 0.364. The van der Waals surface area contributed by atoms with Crippen LogP contribution in [0.2, 0.25) is 0 Å². The van der Waals surface area contributed by atoms with Crippen molar-refractivity contribution in [3.63, 3.8) is 0 Å². The van der Waals surface area contributed by atoms with Crippen molar-refractivity contribution < 1.29 is 4.79 Å². The second-order valence-corrected chi connectivity index (χ2v) is 6.23. The maximum absolute atomic E-state index is 11.8. The zero-order chi connectivity index (χ0) is 11.7. The highest BCUT2D eigenvalue weighted by Gasteiger charge is 2.30. The Morgan fingerprint density at radius 3 is 2.88 bits per heavy atom. The van der Waals surface area contributed by atoms with E-state index in [1.165, 1.54) is 0 Å². The molecule has 0 radical (unpaired) electrons. The summed E-state index contributed by atoms with van der Waals surface area (Å²) in [6.07, 6.45) is 0.557. The third kappa shape index (κ3) is 2.54. The summed E-state index contributed by atoms with van der Waals surface area (Å²) in [5, 5.41) is 0. The number of nitrogens with zero attached hydrogens (tertiary/aromatic N) is 1. The van der Waals surface area contributed by atoms with E-state index >= 15 is 0 Å². The van der Waals surface area contributed by atoms with Gasteiger partial charge in [0, 0.05) is 26.9 Å². The fourth-order valence-corrected chi connectivity index (χ4v) is 3.54. The third-order valence-electron chi connectivity index (χ3n) is 2.62. The van der Waals surface area contributed by atoms with Gasteiger partial charge in [-0.15, -0.1) is 11.6 Å². The molecule has 0 aromatic heterocycles. The Kier molecular flexibility index (Phi) is 4.13. The molecule has 0 aliphatic carbocycles. The van der Waals surface area contributed by atoms with Gasteiger partial charge >= 0.3 is 0 Å².